The lowest BCUT2D eigenvalue weighted by atomic mass is 10.1. The van der Waals surface area contributed by atoms with Gasteiger partial charge in [-0.25, -0.2) is 0 Å². The van der Waals surface area contributed by atoms with Crippen LogP contribution >= 0.6 is 0 Å². The fourth-order valence-corrected chi connectivity index (χ4v) is 3.75. The molecule has 0 bridgehead atoms. The Bertz CT molecular complexity index is 601. The lowest BCUT2D eigenvalue weighted by molar-refractivity contribution is 0.318. The molecule has 2 N–H and O–H groups in total. The van der Waals surface area contributed by atoms with Crippen LogP contribution in [0.15, 0.2) is 4.99 Å². The molecule has 1 saturated heterocycles. The Hall–Kier alpha value is -1.56. The Morgan fingerprint density at radius 1 is 1.28 bits per heavy atom. The number of aryl methyl sites for hydroxylation is 2. The third-order valence-corrected chi connectivity index (χ3v) is 5.46. The standard InChI is InChI=1S/C19H34N6/c1-5-20-19(21-10-8-18-14(2)23-24(4)15(18)3)22-17-9-11-25(13-17)12-16-6-7-16/h16-17H,5-13H2,1-4H3,(H2,20,21,22)/t17-/m0/s1. The molecule has 6 nitrogen and oxygen atoms in total. The van der Waals surface area contributed by atoms with E-state index in [0.29, 0.717) is 6.04 Å². The zero-order valence-electron chi connectivity index (χ0n) is 16.3. The Labute approximate surface area is 152 Å². The van der Waals surface area contributed by atoms with Gasteiger partial charge in [-0.2, -0.15) is 5.10 Å². The van der Waals surface area contributed by atoms with Crippen molar-refractivity contribution < 1.29 is 0 Å². The molecule has 0 unspecified atom stereocenters. The van der Waals surface area contributed by atoms with E-state index in [0.717, 1.165) is 43.6 Å². The zero-order valence-corrected chi connectivity index (χ0v) is 16.3. The van der Waals surface area contributed by atoms with E-state index in [1.165, 1.54) is 43.6 Å². The van der Waals surface area contributed by atoms with E-state index in [2.05, 4.69) is 41.4 Å². The van der Waals surface area contributed by atoms with Gasteiger partial charge in [0.15, 0.2) is 5.96 Å². The molecule has 6 heteroatoms. The summed E-state index contributed by atoms with van der Waals surface area (Å²) in [5.74, 6) is 1.94. The lowest BCUT2D eigenvalue weighted by Crippen LogP contribution is -2.44. The first-order valence-electron chi connectivity index (χ1n) is 9.83. The maximum Gasteiger partial charge on any atom is 0.191 e. The smallest absolute Gasteiger partial charge is 0.191 e. The summed E-state index contributed by atoms with van der Waals surface area (Å²) in [6.45, 7) is 11.7. The molecule has 25 heavy (non-hydrogen) atoms. The van der Waals surface area contributed by atoms with Gasteiger partial charge in [0.1, 0.15) is 0 Å². The molecule has 0 radical (unpaired) electrons. The molecule has 140 valence electrons. The van der Waals surface area contributed by atoms with Crippen molar-refractivity contribution in [2.24, 2.45) is 18.0 Å². The van der Waals surface area contributed by atoms with Crippen LogP contribution in [0, 0.1) is 19.8 Å². The lowest BCUT2D eigenvalue weighted by Gasteiger charge is -2.18. The van der Waals surface area contributed by atoms with Gasteiger partial charge in [-0.05, 0) is 57.9 Å². The average molecular weight is 347 g/mol. The summed E-state index contributed by atoms with van der Waals surface area (Å²) in [5.41, 5.74) is 3.70. The highest BCUT2D eigenvalue weighted by atomic mass is 15.3. The molecule has 2 aliphatic rings. The number of hydrogen-bond donors (Lipinski definition) is 2. The molecule has 1 aromatic heterocycles. The number of aliphatic imine (C=N–C) groups is 1. The summed E-state index contributed by atoms with van der Waals surface area (Å²) < 4.78 is 1.96. The SMILES string of the molecule is CCNC(=NCCc1c(C)nn(C)c1C)N[C@H]1CCN(CC2CC2)C1. The summed E-state index contributed by atoms with van der Waals surface area (Å²) >= 11 is 0. The topological polar surface area (TPSA) is 57.5 Å². The van der Waals surface area contributed by atoms with Gasteiger partial charge in [0.2, 0.25) is 0 Å². The summed E-state index contributed by atoms with van der Waals surface area (Å²) in [4.78, 5) is 7.41. The number of nitrogens with zero attached hydrogens (tertiary/aromatic N) is 4. The van der Waals surface area contributed by atoms with E-state index in [9.17, 15) is 0 Å². The van der Waals surface area contributed by atoms with E-state index in [-0.39, 0.29) is 0 Å². The second-order valence-electron chi connectivity index (χ2n) is 7.62. The van der Waals surface area contributed by atoms with Crippen LogP contribution in [0.1, 0.15) is 43.1 Å². The van der Waals surface area contributed by atoms with Gasteiger partial charge in [-0.15, -0.1) is 0 Å². The van der Waals surface area contributed by atoms with Crippen molar-refractivity contribution in [3.8, 4) is 0 Å². The number of likely N-dealkylation sites (tertiary alicyclic amines) is 1. The first-order chi connectivity index (χ1) is 12.1. The molecule has 1 aliphatic carbocycles. The quantitative estimate of drug-likeness (QED) is 0.582. The van der Waals surface area contributed by atoms with Gasteiger partial charge in [0.25, 0.3) is 0 Å². The third kappa shape index (κ3) is 4.97. The van der Waals surface area contributed by atoms with Crippen molar-refractivity contribution in [3.05, 3.63) is 17.0 Å². The van der Waals surface area contributed by atoms with Gasteiger partial charge < -0.3 is 15.5 Å². The number of nitrogens with one attached hydrogen (secondary N) is 2. The molecule has 0 amide bonds. The molecule has 1 aliphatic heterocycles. The second kappa shape index (κ2) is 8.21. The molecule has 0 spiro atoms. The molecule has 1 saturated carbocycles. The monoisotopic (exact) mass is 346 g/mol. The van der Waals surface area contributed by atoms with Crippen molar-refractivity contribution in [1.82, 2.24) is 25.3 Å². The molecular weight excluding hydrogens is 312 g/mol. The molecule has 2 fully saturated rings. The Morgan fingerprint density at radius 2 is 2.08 bits per heavy atom. The molecule has 0 aromatic carbocycles. The van der Waals surface area contributed by atoms with Crippen molar-refractivity contribution in [2.45, 2.75) is 52.5 Å². The van der Waals surface area contributed by atoms with Gasteiger partial charge in [0, 0.05) is 51.5 Å². The zero-order chi connectivity index (χ0) is 17.8. The minimum atomic E-state index is 0.526. The maximum atomic E-state index is 4.80. The minimum Gasteiger partial charge on any atom is -0.357 e. The predicted molar refractivity (Wildman–Crippen MR) is 103 cm³/mol. The van der Waals surface area contributed by atoms with Crippen LogP contribution in [0.4, 0.5) is 0 Å². The van der Waals surface area contributed by atoms with Crippen molar-refractivity contribution in [1.29, 1.82) is 0 Å². The number of rotatable bonds is 7. The molecule has 1 aromatic rings. The van der Waals surface area contributed by atoms with Crippen LogP contribution in [0.25, 0.3) is 0 Å². The Balaban J connectivity index is 1.50. The largest absolute Gasteiger partial charge is 0.357 e. The van der Waals surface area contributed by atoms with Crippen LogP contribution in [0.2, 0.25) is 0 Å². The molecule has 1 atom stereocenters. The number of hydrogen-bond acceptors (Lipinski definition) is 3. The molecule has 3 rings (SSSR count). The fourth-order valence-electron chi connectivity index (χ4n) is 3.75. The third-order valence-electron chi connectivity index (χ3n) is 5.46. The Kier molecular flexibility index (Phi) is 5.99. The van der Waals surface area contributed by atoms with Crippen LogP contribution in [0.3, 0.4) is 0 Å². The summed E-state index contributed by atoms with van der Waals surface area (Å²) in [5, 5.41) is 11.5. The van der Waals surface area contributed by atoms with Crippen molar-refractivity contribution in [2.75, 3.05) is 32.7 Å². The summed E-state index contributed by atoms with van der Waals surface area (Å²) in [7, 11) is 2.01. The Morgan fingerprint density at radius 3 is 2.72 bits per heavy atom. The normalized spacial score (nSPS) is 21.8. The van der Waals surface area contributed by atoms with Crippen molar-refractivity contribution >= 4 is 5.96 Å². The second-order valence-corrected chi connectivity index (χ2v) is 7.62. The van der Waals surface area contributed by atoms with E-state index < -0.39 is 0 Å². The summed E-state index contributed by atoms with van der Waals surface area (Å²) in [6.07, 6.45) is 5.04. The number of aromatic nitrogens is 2. The van der Waals surface area contributed by atoms with E-state index in [4.69, 9.17) is 4.99 Å². The number of guanidine groups is 1. The minimum absolute atomic E-state index is 0.526. The highest BCUT2D eigenvalue weighted by Gasteiger charge is 2.29. The van der Waals surface area contributed by atoms with Crippen LogP contribution in [-0.2, 0) is 13.5 Å². The average Bonchev–Trinajstić information content (AvgIpc) is 3.22. The first-order valence-corrected chi connectivity index (χ1v) is 9.83. The molecular formula is C19H34N6. The van der Waals surface area contributed by atoms with Crippen LogP contribution in [0.5, 0.6) is 0 Å². The molecule has 2 heterocycles. The van der Waals surface area contributed by atoms with Gasteiger partial charge >= 0.3 is 0 Å². The highest BCUT2D eigenvalue weighted by molar-refractivity contribution is 5.80. The van der Waals surface area contributed by atoms with E-state index >= 15 is 0 Å². The summed E-state index contributed by atoms with van der Waals surface area (Å²) in [6, 6.07) is 0.526. The van der Waals surface area contributed by atoms with E-state index in [1.807, 2.05) is 11.7 Å². The van der Waals surface area contributed by atoms with Gasteiger partial charge in [-0.1, -0.05) is 0 Å². The first kappa shape index (κ1) is 18.2. The van der Waals surface area contributed by atoms with Gasteiger partial charge in [-0.3, -0.25) is 9.67 Å². The highest BCUT2D eigenvalue weighted by Crippen LogP contribution is 2.30. The van der Waals surface area contributed by atoms with Crippen LogP contribution < -0.4 is 10.6 Å². The predicted octanol–water partition coefficient (Wildman–Crippen LogP) is 1.62. The van der Waals surface area contributed by atoms with Crippen molar-refractivity contribution in [3.63, 3.8) is 0 Å². The maximum absolute atomic E-state index is 4.80. The fraction of sp³-hybridized carbons (Fsp3) is 0.789. The van der Waals surface area contributed by atoms with E-state index in [1.54, 1.807) is 0 Å². The van der Waals surface area contributed by atoms with Crippen LogP contribution in [-0.4, -0.2) is 59.4 Å². The van der Waals surface area contributed by atoms with Gasteiger partial charge in [0.05, 0.1) is 5.69 Å².